The summed E-state index contributed by atoms with van der Waals surface area (Å²) in [5.74, 6) is 0. The van der Waals surface area contributed by atoms with Crippen LogP contribution in [-0.4, -0.2) is 19.9 Å². The van der Waals surface area contributed by atoms with Crippen LogP contribution in [0.3, 0.4) is 0 Å². The number of unbranched alkanes of at least 4 members (excludes halogenated alkanes) is 1. The lowest BCUT2D eigenvalue weighted by Gasteiger charge is -2.23. The number of hydrogen-bond acceptors (Lipinski definition) is 2. The lowest BCUT2D eigenvalue weighted by atomic mass is 10.1. The van der Waals surface area contributed by atoms with Crippen molar-refractivity contribution in [2.24, 2.45) is 0 Å². The Morgan fingerprint density at radius 1 is 1.39 bits per heavy atom. The third kappa shape index (κ3) is 5.08. The Bertz CT molecular complexity index is 362. The Hall–Kier alpha value is -0.383. The molecule has 0 saturated heterocycles. The first-order valence-electron chi connectivity index (χ1n) is 6.70. The van der Waals surface area contributed by atoms with Gasteiger partial charge in [-0.3, -0.25) is 4.98 Å². The van der Waals surface area contributed by atoms with Crippen LogP contribution in [0.15, 0.2) is 12.3 Å². The number of aromatic nitrogens is 1. The maximum Gasteiger partial charge on any atom is 0.186 e. The second kappa shape index (κ2) is 7.27. The van der Waals surface area contributed by atoms with Gasteiger partial charge < -0.3 is 4.43 Å². The minimum atomic E-state index is -1.48. The molecule has 0 aromatic carbocycles. The van der Waals surface area contributed by atoms with Crippen LogP contribution in [0.25, 0.3) is 0 Å². The van der Waals surface area contributed by atoms with Crippen molar-refractivity contribution < 1.29 is 4.43 Å². The number of rotatable bonds is 7. The largest absolute Gasteiger partial charge is 0.417 e. The Morgan fingerprint density at radius 3 is 2.72 bits per heavy atom. The van der Waals surface area contributed by atoms with Gasteiger partial charge >= 0.3 is 0 Å². The van der Waals surface area contributed by atoms with E-state index in [0.29, 0.717) is 0 Å². The topological polar surface area (TPSA) is 22.1 Å². The van der Waals surface area contributed by atoms with Crippen LogP contribution in [0.1, 0.15) is 31.0 Å². The van der Waals surface area contributed by atoms with E-state index >= 15 is 0 Å². The molecule has 0 N–H and O–H groups in total. The Kier molecular flexibility index (Phi) is 6.33. The van der Waals surface area contributed by atoms with Crippen LogP contribution >= 0.6 is 11.6 Å². The highest BCUT2D eigenvalue weighted by Gasteiger charge is 2.21. The van der Waals surface area contributed by atoms with E-state index in [2.05, 4.69) is 25.0 Å². The molecule has 0 radical (unpaired) electrons. The van der Waals surface area contributed by atoms with Gasteiger partial charge in [0.2, 0.25) is 0 Å². The summed E-state index contributed by atoms with van der Waals surface area (Å²) in [5, 5.41) is 0.805. The molecule has 0 spiro atoms. The van der Waals surface area contributed by atoms with E-state index in [0.717, 1.165) is 29.3 Å². The smallest absolute Gasteiger partial charge is 0.186 e. The normalized spacial score (nSPS) is 11.8. The fourth-order valence-corrected chi connectivity index (χ4v) is 4.26. The molecule has 102 valence electrons. The molecule has 0 atom stereocenters. The highest BCUT2D eigenvalue weighted by atomic mass is 35.5. The van der Waals surface area contributed by atoms with Crippen molar-refractivity contribution in [2.75, 3.05) is 6.61 Å². The second-order valence-corrected chi connectivity index (χ2v) is 10.0. The van der Waals surface area contributed by atoms with Crippen molar-refractivity contribution in [1.82, 2.24) is 4.98 Å². The minimum absolute atomic E-state index is 0.759. The van der Waals surface area contributed by atoms with Gasteiger partial charge in [0.05, 0.1) is 0 Å². The first-order valence-corrected chi connectivity index (χ1v) is 10.2. The standard InChI is InChI=1S/C14H24ClNOSi/c1-5-6-11-18(3,4)17-10-8-13-12(2)16-9-7-14(13)15/h7,9H,5-6,8,10-11H2,1-4H3. The van der Waals surface area contributed by atoms with E-state index in [4.69, 9.17) is 16.0 Å². The molecular weight excluding hydrogens is 262 g/mol. The van der Waals surface area contributed by atoms with Crippen molar-refractivity contribution >= 4 is 19.9 Å². The lowest BCUT2D eigenvalue weighted by Crippen LogP contribution is -2.31. The number of aryl methyl sites for hydroxylation is 1. The fourth-order valence-electron chi connectivity index (χ4n) is 1.97. The summed E-state index contributed by atoms with van der Waals surface area (Å²) in [6, 6.07) is 3.09. The molecule has 1 heterocycles. The van der Waals surface area contributed by atoms with E-state index < -0.39 is 8.32 Å². The maximum atomic E-state index is 6.18. The van der Waals surface area contributed by atoms with Gasteiger partial charge in [-0.25, -0.2) is 0 Å². The van der Waals surface area contributed by atoms with Crippen LogP contribution in [0, 0.1) is 6.92 Å². The Labute approximate surface area is 117 Å². The quantitative estimate of drug-likeness (QED) is 0.683. The average Bonchev–Trinajstić information content (AvgIpc) is 2.30. The molecule has 18 heavy (non-hydrogen) atoms. The summed E-state index contributed by atoms with van der Waals surface area (Å²) in [5.41, 5.74) is 2.14. The van der Waals surface area contributed by atoms with Crippen molar-refractivity contribution in [3.63, 3.8) is 0 Å². The zero-order valence-electron chi connectivity index (χ0n) is 11.9. The van der Waals surface area contributed by atoms with E-state index in [9.17, 15) is 0 Å². The molecule has 0 aliphatic rings. The predicted octanol–water partition coefficient (Wildman–Crippen LogP) is 4.61. The molecular formula is C14H24ClNOSi. The van der Waals surface area contributed by atoms with Crippen LogP contribution in [0.2, 0.25) is 24.2 Å². The van der Waals surface area contributed by atoms with Gasteiger partial charge in [0.15, 0.2) is 8.32 Å². The summed E-state index contributed by atoms with van der Waals surface area (Å²) in [4.78, 5) is 4.28. The van der Waals surface area contributed by atoms with Crippen LogP contribution in [0.5, 0.6) is 0 Å². The fraction of sp³-hybridized carbons (Fsp3) is 0.643. The van der Waals surface area contributed by atoms with E-state index in [-0.39, 0.29) is 0 Å². The maximum absolute atomic E-state index is 6.18. The van der Waals surface area contributed by atoms with Gasteiger partial charge in [0, 0.05) is 23.5 Å². The summed E-state index contributed by atoms with van der Waals surface area (Å²) >= 11 is 6.18. The third-order valence-electron chi connectivity index (χ3n) is 3.19. The molecule has 2 nitrogen and oxygen atoms in total. The molecule has 0 amide bonds. The molecule has 0 bridgehead atoms. The highest BCUT2D eigenvalue weighted by molar-refractivity contribution is 6.71. The van der Waals surface area contributed by atoms with Gasteiger partial charge in [-0.05, 0) is 44.1 Å². The molecule has 1 aromatic rings. The molecule has 0 fully saturated rings. The van der Waals surface area contributed by atoms with Gasteiger partial charge in [0.1, 0.15) is 0 Å². The van der Waals surface area contributed by atoms with Crippen molar-refractivity contribution in [2.45, 2.75) is 52.2 Å². The molecule has 0 saturated carbocycles. The van der Waals surface area contributed by atoms with E-state index in [1.54, 1.807) is 6.20 Å². The van der Waals surface area contributed by atoms with Crippen molar-refractivity contribution in [3.05, 3.63) is 28.5 Å². The number of halogens is 1. The molecule has 1 rings (SSSR count). The SMILES string of the molecule is CCCC[Si](C)(C)OCCc1c(Cl)ccnc1C. The zero-order chi connectivity index (χ0) is 13.6. The van der Waals surface area contributed by atoms with E-state index in [1.165, 1.54) is 18.9 Å². The van der Waals surface area contributed by atoms with Crippen molar-refractivity contribution in [3.8, 4) is 0 Å². The van der Waals surface area contributed by atoms with Gasteiger partial charge in [-0.15, -0.1) is 0 Å². The summed E-state index contributed by atoms with van der Waals surface area (Å²) in [6.45, 7) is 9.57. The molecule has 0 aliphatic heterocycles. The molecule has 4 heteroatoms. The molecule has 1 aromatic heterocycles. The molecule has 0 aliphatic carbocycles. The van der Waals surface area contributed by atoms with Gasteiger partial charge in [0.25, 0.3) is 0 Å². The first kappa shape index (κ1) is 15.7. The minimum Gasteiger partial charge on any atom is -0.417 e. The average molecular weight is 286 g/mol. The number of hydrogen-bond donors (Lipinski definition) is 0. The van der Waals surface area contributed by atoms with Gasteiger partial charge in [-0.2, -0.15) is 0 Å². The predicted molar refractivity (Wildman–Crippen MR) is 80.8 cm³/mol. The van der Waals surface area contributed by atoms with Crippen LogP contribution in [0.4, 0.5) is 0 Å². The summed E-state index contributed by atoms with van der Waals surface area (Å²) in [6.07, 6.45) is 5.13. The Balaban J connectivity index is 2.46. The monoisotopic (exact) mass is 285 g/mol. The third-order valence-corrected chi connectivity index (χ3v) is 6.09. The van der Waals surface area contributed by atoms with Crippen molar-refractivity contribution in [1.29, 1.82) is 0 Å². The Morgan fingerprint density at radius 2 is 2.11 bits per heavy atom. The van der Waals surface area contributed by atoms with E-state index in [1.807, 2.05) is 13.0 Å². The molecule has 0 unspecified atom stereocenters. The lowest BCUT2D eigenvalue weighted by molar-refractivity contribution is 0.309. The number of nitrogens with zero attached hydrogens (tertiary/aromatic N) is 1. The number of pyridine rings is 1. The second-order valence-electron chi connectivity index (χ2n) is 5.32. The van der Waals surface area contributed by atoms with Crippen LogP contribution < -0.4 is 0 Å². The first-order chi connectivity index (χ1) is 8.46. The van der Waals surface area contributed by atoms with Crippen LogP contribution in [-0.2, 0) is 10.8 Å². The van der Waals surface area contributed by atoms with Gasteiger partial charge in [-0.1, -0.05) is 31.4 Å². The summed E-state index contributed by atoms with van der Waals surface area (Å²) in [7, 11) is -1.48. The zero-order valence-corrected chi connectivity index (χ0v) is 13.7. The summed E-state index contributed by atoms with van der Waals surface area (Å²) < 4.78 is 6.10. The highest BCUT2D eigenvalue weighted by Crippen LogP contribution is 2.20.